The van der Waals surface area contributed by atoms with Gasteiger partial charge in [0.2, 0.25) is 0 Å². The summed E-state index contributed by atoms with van der Waals surface area (Å²) in [6.07, 6.45) is 6.06. The highest BCUT2D eigenvalue weighted by Gasteiger charge is 2.08. The molecule has 2 heteroatoms. The Bertz CT molecular complexity index is 124. The molecule has 0 bridgehead atoms. The van der Waals surface area contributed by atoms with Crippen LogP contribution in [0.2, 0.25) is 0 Å². The Morgan fingerprint density at radius 1 is 1.55 bits per heavy atom. The molecule has 0 fully saturated rings. The van der Waals surface area contributed by atoms with Gasteiger partial charge in [-0.25, -0.2) is 0 Å². The molecule has 64 valence electrons. The molecule has 1 N–H and O–H groups in total. The lowest BCUT2D eigenvalue weighted by molar-refractivity contribution is 0.525. The summed E-state index contributed by atoms with van der Waals surface area (Å²) in [5.74, 6) is 0.856. The fourth-order valence-electron chi connectivity index (χ4n) is 1.18. The summed E-state index contributed by atoms with van der Waals surface area (Å²) in [6, 6.07) is 0. The lowest BCUT2D eigenvalue weighted by Crippen LogP contribution is -2.15. The summed E-state index contributed by atoms with van der Waals surface area (Å²) in [6.45, 7) is 4.57. The smallest absolute Gasteiger partial charge is 0.0758 e. The maximum absolute atomic E-state index is 3.31. The molecular formula is C9H17NS. The Morgan fingerprint density at radius 3 is 2.91 bits per heavy atom. The van der Waals surface area contributed by atoms with E-state index in [2.05, 4.69) is 24.6 Å². The molecule has 0 radical (unpaired) electrons. The molecule has 1 atom stereocenters. The number of nitrogens with one attached hydrogen (secondary N) is 1. The minimum Gasteiger partial charge on any atom is -0.378 e. The summed E-state index contributed by atoms with van der Waals surface area (Å²) < 4.78 is 0. The van der Waals surface area contributed by atoms with Gasteiger partial charge in [-0.05, 0) is 17.7 Å². The second kappa shape index (κ2) is 4.70. The SMILES string of the molecule is CC(C)CCCC1NC=CS1. The maximum atomic E-state index is 3.31. The summed E-state index contributed by atoms with van der Waals surface area (Å²) in [4.78, 5) is 0. The number of hydrogen-bond acceptors (Lipinski definition) is 2. The summed E-state index contributed by atoms with van der Waals surface area (Å²) in [5, 5.41) is 6.11. The molecule has 1 aliphatic heterocycles. The van der Waals surface area contributed by atoms with Gasteiger partial charge in [0.05, 0.1) is 5.37 Å². The van der Waals surface area contributed by atoms with E-state index in [4.69, 9.17) is 0 Å². The van der Waals surface area contributed by atoms with Crippen LogP contribution in [0.1, 0.15) is 33.1 Å². The molecule has 0 spiro atoms. The molecule has 0 saturated heterocycles. The topological polar surface area (TPSA) is 12.0 Å². The van der Waals surface area contributed by atoms with Crippen LogP contribution >= 0.6 is 11.8 Å². The second-order valence-corrected chi connectivity index (χ2v) is 4.53. The van der Waals surface area contributed by atoms with E-state index in [1.54, 1.807) is 0 Å². The van der Waals surface area contributed by atoms with Gasteiger partial charge >= 0.3 is 0 Å². The normalized spacial score (nSPS) is 22.6. The lowest BCUT2D eigenvalue weighted by Gasteiger charge is -2.10. The van der Waals surface area contributed by atoms with E-state index in [1.807, 2.05) is 18.0 Å². The lowest BCUT2D eigenvalue weighted by atomic mass is 10.1. The summed E-state index contributed by atoms with van der Waals surface area (Å²) in [7, 11) is 0. The summed E-state index contributed by atoms with van der Waals surface area (Å²) >= 11 is 1.90. The molecule has 0 saturated carbocycles. The van der Waals surface area contributed by atoms with Crippen LogP contribution in [0.15, 0.2) is 11.6 Å². The highest BCUT2D eigenvalue weighted by molar-refractivity contribution is 8.02. The molecule has 1 heterocycles. The Labute approximate surface area is 73.6 Å². The standard InChI is InChI=1S/C9H17NS/c1-8(2)4-3-5-9-10-6-7-11-9/h6-10H,3-5H2,1-2H3. The van der Waals surface area contributed by atoms with Crippen molar-refractivity contribution in [2.24, 2.45) is 5.92 Å². The van der Waals surface area contributed by atoms with Crippen LogP contribution in [0.4, 0.5) is 0 Å². The van der Waals surface area contributed by atoms with Gasteiger partial charge in [-0.15, -0.1) is 11.8 Å². The van der Waals surface area contributed by atoms with Crippen molar-refractivity contribution in [3.8, 4) is 0 Å². The molecule has 0 aromatic heterocycles. The van der Waals surface area contributed by atoms with E-state index >= 15 is 0 Å². The van der Waals surface area contributed by atoms with Gasteiger partial charge in [-0.2, -0.15) is 0 Å². The van der Waals surface area contributed by atoms with E-state index in [0.29, 0.717) is 5.37 Å². The van der Waals surface area contributed by atoms with Crippen molar-refractivity contribution in [1.29, 1.82) is 0 Å². The Hall–Kier alpha value is -0.110. The van der Waals surface area contributed by atoms with Crippen molar-refractivity contribution >= 4 is 11.8 Å². The number of rotatable bonds is 4. The van der Waals surface area contributed by atoms with E-state index < -0.39 is 0 Å². The fourth-order valence-corrected chi connectivity index (χ4v) is 1.99. The van der Waals surface area contributed by atoms with Gasteiger partial charge in [0.25, 0.3) is 0 Å². The molecule has 0 aromatic carbocycles. The third kappa shape index (κ3) is 3.71. The van der Waals surface area contributed by atoms with Crippen LogP contribution in [0, 0.1) is 5.92 Å². The Balaban J connectivity index is 1.95. The van der Waals surface area contributed by atoms with E-state index in [-0.39, 0.29) is 0 Å². The van der Waals surface area contributed by atoms with Crippen molar-refractivity contribution in [2.75, 3.05) is 0 Å². The molecule has 0 amide bonds. The zero-order valence-electron chi connectivity index (χ0n) is 7.34. The average Bonchev–Trinajstić information content (AvgIpc) is 2.39. The number of hydrogen-bond donors (Lipinski definition) is 1. The minimum atomic E-state index is 0.661. The Morgan fingerprint density at radius 2 is 2.36 bits per heavy atom. The molecule has 1 aliphatic rings. The minimum absolute atomic E-state index is 0.661. The van der Waals surface area contributed by atoms with Gasteiger partial charge in [0, 0.05) is 6.20 Å². The van der Waals surface area contributed by atoms with Gasteiger partial charge in [0.15, 0.2) is 0 Å². The molecule has 0 aliphatic carbocycles. The average molecular weight is 171 g/mol. The Kier molecular flexibility index (Phi) is 3.84. The van der Waals surface area contributed by atoms with Crippen LogP contribution in [0.3, 0.4) is 0 Å². The highest BCUT2D eigenvalue weighted by atomic mass is 32.2. The van der Waals surface area contributed by atoms with Gasteiger partial charge in [-0.1, -0.05) is 26.7 Å². The molecule has 11 heavy (non-hydrogen) atoms. The van der Waals surface area contributed by atoms with E-state index in [1.165, 1.54) is 19.3 Å². The quantitative estimate of drug-likeness (QED) is 0.698. The van der Waals surface area contributed by atoms with Crippen molar-refractivity contribution in [3.63, 3.8) is 0 Å². The van der Waals surface area contributed by atoms with E-state index in [0.717, 1.165) is 5.92 Å². The van der Waals surface area contributed by atoms with Gasteiger partial charge in [-0.3, -0.25) is 0 Å². The van der Waals surface area contributed by atoms with Crippen LogP contribution in [0.5, 0.6) is 0 Å². The third-order valence-electron chi connectivity index (χ3n) is 1.84. The monoisotopic (exact) mass is 171 g/mol. The molecule has 1 rings (SSSR count). The first-order chi connectivity index (χ1) is 5.29. The van der Waals surface area contributed by atoms with Crippen molar-refractivity contribution in [1.82, 2.24) is 5.32 Å². The zero-order valence-corrected chi connectivity index (χ0v) is 8.16. The highest BCUT2D eigenvalue weighted by Crippen LogP contribution is 2.21. The molecular weight excluding hydrogens is 154 g/mol. The predicted molar refractivity (Wildman–Crippen MR) is 52.3 cm³/mol. The summed E-state index contributed by atoms with van der Waals surface area (Å²) in [5.41, 5.74) is 0. The van der Waals surface area contributed by atoms with Crippen LogP contribution in [-0.4, -0.2) is 5.37 Å². The maximum Gasteiger partial charge on any atom is 0.0758 e. The van der Waals surface area contributed by atoms with Crippen molar-refractivity contribution < 1.29 is 0 Å². The number of thioether (sulfide) groups is 1. The van der Waals surface area contributed by atoms with Gasteiger partial charge < -0.3 is 5.32 Å². The molecule has 1 unspecified atom stereocenters. The second-order valence-electron chi connectivity index (χ2n) is 3.42. The molecule has 0 aromatic rings. The van der Waals surface area contributed by atoms with Crippen LogP contribution < -0.4 is 5.32 Å². The largest absolute Gasteiger partial charge is 0.378 e. The van der Waals surface area contributed by atoms with Crippen LogP contribution in [-0.2, 0) is 0 Å². The zero-order chi connectivity index (χ0) is 8.10. The fraction of sp³-hybridized carbons (Fsp3) is 0.778. The van der Waals surface area contributed by atoms with E-state index in [9.17, 15) is 0 Å². The predicted octanol–water partition coefficient (Wildman–Crippen LogP) is 2.95. The van der Waals surface area contributed by atoms with Crippen LogP contribution in [0.25, 0.3) is 0 Å². The molecule has 1 nitrogen and oxygen atoms in total. The first-order valence-electron chi connectivity index (χ1n) is 4.35. The van der Waals surface area contributed by atoms with Gasteiger partial charge in [0.1, 0.15) is 0 Å². The van der Waals surface area contributed by atoms with Crippen molar-refractivity contribution in [2.45, 2.75) is 38.5 Å². The first kappa shape index (κ1) is 8.98. The van der Waals surface area contributed by atoms with Crippen molar-refractivity contribution in [3.05, 3.63) is 11.6 Å². The third-order valence-corrected chi connectivity index (χ3v) is 2.83. The first-order valence-corrected chi connectivity index (χ1v) is 5.30.